The molecule has 104 valence electrons. The Hall–Kier alpha value is -2.29. The maximum absolute atomic E-state index is 12.4. The van der Waals surface area contributed by atoms with E-state index in [1.165, 1.54) is 0 Å². The molecule has 0 radical (unpaired) electrons. The predicted molar refractivity (Wildman–Crippen MR) is 83.6 cm³/mol. The highest BCUT2D eigenvalue weighted by molar-refractivity contribution is 5.84. The molecule has 1 aromatic carbocycles. The number of para-hydroxylation sites is 1. The van der Waals surface area contributed by atoms with Crippen molar-refractivity contribution in [3.63, 3.8) is 0 Å². The van der Waals surface area contributed by atoms with Crippen LogP contribution in [0.25, 0.3) is 10.9 Å². The molecule has 0 fully saturated rings. The lowest BCUT2D eigenvalue weighted by Gasteiger charge is -2.20. The van der Waals surface area contributed by atoms with Crippen LogP contribution in [0.15, 0.2) is 55.6 Å². The van der Waals surface area contributed by atoms with Crippen molar-refractivity contribution in [2.75, 3.05) is 13.1 Å². The summed E-state index contributed by atoms with van der Waals surface area (Å²) in [5.41, 5.74) is 2.19. The van der Waals surface area contributed by atoms with Gasteiger partial charge in [0, 0.05) is 24.3 Å². The molecule has 1 amide bonds. The third-order valence-corrected chi connectivity index (χ3v) is 3.36. The summed E-state index contributed by atoms with van der Waals surface area (Å²) >= 11 is 0. The molecule has 0 unspecified atom stereocenters. The summed E-state index contributed by atoms with van der Waals surface area (Å²) < 4.78 is 2.05. The highest BCUT2D eigenvalue weighted by Crippen LogP contribution is 2.19. The van der Waals surface area contributed by atoms with Crippen LogP contribution >= 0.6 is 0 Å². The highest BCUT2D eigenvalue weighted by atomic mass is 16.2. The van der Waals surface area contributed by atoms with E-state index in [0.29, 0.717) is 19.6 Å². The van der Waals surface area contributed by atoms with Gasteiger partial charge in [0.25, 0.3) is 0 Å². The standard InChI is InChI=1S/C17H20N2O/c1-4-10-18(11-5-2)17(20)13-19-14(3)12-15-8-6-7-9-16(15)19/h4-9,12H,1-2,10-11,13H2,3H3. The summed E-state index contributed by atoms with van der Waals surface area (Å²) in [6.45, 7) is 10.9. The third kappa shape index (κ3) is 2.82. The van der Waals surface area contributed by atoms with E-state index < -0.39 is 0 Å². The highest BCUT2D eigenvalue weighted by Gasteiger charge is 2.14. The van der Waals surface area contributed by atoms with Crippen molar-refractivity contribution in [3.8, 4) is 0 Å². The first kappa shape index (κ1) is 14.1. The Morgan fingerprint density at radius 1 is 1.25 bits per heavy atom. The van der Waals surface area contributed by atoms with Crippen molar-refractivity contribution in [2.45, 2.75) is 13.5 Å². The lowest BCUT2D eigenvalue weighted by Crippen LogP contribution is -2.34. The van der Waals surface area contributed by atoms with Gasteiger partial charge < -0.3 is 9.47 Å². The summed E-state index contributed by atoms with van der Waals surface area (Å²) in [5, 5.41) is 1.16. The first-order chi connectivity index (χ1) is 9.67. The van der Waals surface area contributed by atoms with E-state index >= 15 is 0 Å². The first-order valence-corrected chi connectivity index (χ1v) is 6.71. The molecule has 2 rings (SSSR count). The molecule has 20 heavy (non-hydrogen) atoms. The molecule has 0 spiro atoms. The zero-order valence-electron chi connectivity index (χ0n) is 11.9. The van der Waals surface area contributed by atoms with Gasteiger partial charge in [0.05, 0.1) is 0 Å². The fourth-order valence-corrected chi connectivity index (χ4v) is 2.38. The van der Waals surface area contributed by atoms with Crippen LogP contribution in [0.1, 0.15) is 5.69 Å². The molecule has 2 aromatic rings. The molecule has 3 nitrogen and oxygen atoms in total. The molecular formula is C17H20N2O. The van der Waals surface area contributed by atoms with E-state index in [2.05, 4.69) is 29.9 Å². The molecule has 0 aliphatic carbocycles. The van der Waals surface area contributed by atoms with Crippen LogP contribution in [0, 0.1) is 6.92 Å². The third-order valence-electron chi connectivity index (χ3n) is 3.36. The van der Waals surface area contributed by atoms with E-state index in [9.17, 15) is 4.79 Å². The number of fused-ring (bicyclic) bond motifs is 1. The number of hydrogen-bond donors (Lipinski definition) is 0. The number of hydrogen-bond acceptors (Lipinski definition) is 1. The van der Waals surface area contributed by atoms with Gasteiger partial charge in [-0.2, -0.15) is 0 Å². The topological polar surface area (TPSA) is 25.2 Å². The second-order valence-corrected chi connectivity index (χ2v) is 4.81. The van der Waals surface area contributed by atoms with Gasteiger partial charge in [0.15, 0.2) is 0 Å². The molecule has 0 saturated heterocycles. The minimum Gasteiger partial charge on any atom is -0.335 e. The van der Waals surface area contributed by atoms with Gasteiger partial charge in [-0.3, -0.25) is 4.79 Å². The largest absolute Gasteiger partial charge is 0.335 e. The van der Waals surface area contributed by atoms with Crippen molar-refractivity contribution in [1.82, 2.24) is 9.47 Å². The number of rotatable bonds is 6. The zero-order valence-corrected chi connectivity index (χ0v) is 11.9. The molecule has 1 aromatic heterocycles. The van der Waals surface area contributed by atoms with Gasteiger partial charge >= 0.3 is 0 Å². The average Bonchev–Trinajstić information content (AvgIpc) is 2.75. The lowest BCUT2D eigenvalue weighted by atomic mass is 10.2. The van der Waals surface area contributed by atoms with E-state index in [1.54, 1.807) is 17.1 Å². The summed E-state index contributed by atoms with van der Waals surface area (Å²) in [6, 6.07) is 10.2. The molecular weight excluding hydrogens is 248 g/mol. The summed E-state index contributed by atoms with van der Waals surface area (Å²) in [7, 11) is 0. The van der Waals surface area contributed by atoms with E-state index in [1.807, 2.05) is 25.1 Å². The summed E-state index contributed by atoms with van der Waals surface area (Å²) in [6.07, 6.45) is 3.48. The quantitative estimate of drug-likeness (QED) is 0.739. The van der Waals surface area contributed by atoms with Crippen LogP contribution in [0.5, 0.6) is 0 Å². The van der Waals surface area contributed by atoms with E-state index in [-0.39, 0.29) is 5.91 Å². The van der Waals surface area contributed by atoms with Gasteiger partial charge in [-0.15, -0.1) is 13.2 Å². The van der Waals surface area contributed by atoms with Crippen LogP contribution in [-0.2, 0) is 11.3 Å². The molecule has 0 aliphatic heterocycles. The number of aromatic nitrogens is 1. The van der Waals surface area contributed by atoms with Crippen molar-refractivity contribution in [3.05, 3.63) is 61.3 Å². The SMILES string of the molecule is C=CCN(CC=C)C(=O)Cn1c(C)cc2ccccc21. The molecule has 1 heterocycles. The lowest BCUT2D eigenvalue weighted by molar-refractivity contribution is -0.130. The van der Waals surface area contributed by atoms with Crippen LogP contribution in [0.3, 0.4) is 0 Å². The van der Waals surface area contributed by atoms with Crippen LogP contribution < -0.4 is 0 Å². The smallest absolute Gasteiger partial charge is 0.243 e. The Morgan fingerprint density at radius 3 is 2.55 bits per heavy atom. The number of benzene rings is 1. The fraction of sp³-hybridized carbons (Fsp3) is 0.235. The normalized spacial score (nSPS) is 10.4. The second-order valence-electron chi connectivity index (χ2n) is 4.81. The van der Waals surface area contributed by atoms with E-state index in [4.69, 9.17) is 0 Å². The molecule has 3 heteroatoms. The van der Waals surface area contributed by atoms with Gasteiger partial charge in [0.1, 0.15) is 6.54 Å². The maximum Gasteiger partial charge on any atom is 0.243 e. The predicted octanol–water partition coefficient (Wildman–Crippen LogP) is 3.15. The Labute approximate surface area is 119 Å². The van der Waals surface area contributed by atoms with Crippen molar-refractivity contribution < 1.29 is 4.79 Å². The average molecular weight is 268 g/mol. The summed E-state index contributed by atoms with van der Waals surface area (Å²) in [4.78, 5) is 14.1. The van der Waals surface area contributed by atoms with Crippen molar-refractivity contribution >= 4 is 16.8 Å². The molecule has 0 atom stereocenters. The molecule has 0 saturated carbocycles. The Kier molecular flexibility index (Phi) is 4.41. The summed E-state index contributed by atoms with van der Waals surface area (Å²) in [5.74, 6) is 0.0780. The number of carbonyl (C=O) groups is 1. The second kappa shape index (κ2) is 6.24. The Bertz CT molecular complexity index is 629. The van der Waals surface area contributed by atoms with Gasteiger partial charge in [-0.25, -0.2) is 0 Å². The number of aryl methyl sites for hydroxylation is 1. The molecule has 0 bridgehead atoms. The van der Waals surface area contributed by atoms with Crippen LogP contribution in [0.4, 0.5) is 0 Å². The Morgan fingerprint density at radius 2 is 1.90 bits per heavy atom. The number of nitrogens with zero attached hydrogens (tertiary/aromatic N) is 2. The van der Waals surface area contributed by atoms with Crippen LogP contribution in [-0.4, -0.2) is 28.5 Å². The number of carbonyl (C=O) groups excluding carboxylic acids is 1. The molecule has 0 aliphatic rings. The van der Waals surface area contributed by atoms with Crippen molar-refractivity contribution in [1.29, 1.82) is 0 Å². The maximum atomic E-state index is 12.4. The molecule has 0 N–H and O–H groups in total. The minimum atomic E-state index is 0.0780. The van der Waals surface area contributed by atoms with Crippen molar-refractivity contribution in [2.24, 2.45) is 0 Å². The Balaban J connectivity index is 2.26. The van der Waals surface area contributed by atoms with Gasteiger partial charge in [-0.05, 0) is 24.4 Å². The van der Waals surface area contributed by atoms with E-state index in [0.717, 1.165) is 16.6 Å². The monoisotopic (exact) mass is 268 g/mol. The van der Waals surface area contributed by atoms with Gasteiger partial charge in [0.2, 0.25) is 5.91 Å². The van der Waals surface area contributed by atoms with Gasteiger partial charge in [-0.1, -0.05) is 30.4 Å². The zero-order chi connectivity index (χ0) is 14.5. The first-order valence-electron chi connectivity index (χ1n) is 6.71. The number of amides is 1. The minimum absolute atomic E-state index is 0.0780. The van der Waals surface area contributed by atoms with Crippen LogP contribution in [0.2, 0.25) is 0 Å². The fourth-order valence-electron chi connectivity index (χ4n) is 2.38.